The molecule has 6 heteroatoms. The highest BCUT2D eigenvalue weighted by Crippen LogP contribution is 2.14. The van der Waals surface area contributed by atoms with Crippen LogP contribution in [0.5, 0.6) is 0 Å². The molecule has 0 aliphatic heterocycles. The zero-order chi connectivity index (χ0) is 12.4. The summed E-state index contributed by atoms with van der Waals surface area (Å²) in [7, 11) is 1.66. The quantitative estimate of drug-likeness (QED) is 0.586. The van der Waals surface area contributed by atoms with E-state index in [0.29, 0.717) is 16.4 Å². The summed E-state index contributed by atoms with van der Waals surface area (Å²) in [6.07, 6.45) is 3.66. The van der Waals surface area contributed by atoms with Crippen molar-refractivity contribution in [2.75, 3.05) is 6.26 Å². The van der Waals surface area contributed by atoms with Crippen LogP contribution in [0.4, 0.5) is 0 Å². The third kappa shape index (κ3) is 2.01. The topological polar surface area (TPSA) is 71.6 Å². The van der Waals surface area contributed by atoms with E-state index in [0.717, 1.165) is 5.39 Å². The fourth-order valence-corrected chi connectivity index (χ4v) is 1.94. The molecule has 0 atom stereocenters. The van der Waals surface area contributed by atoms with Gasteiger partial charge in [-0.25, -0.2) is 9.97 Å². The Morgan fingerprint density at radius 3 is 3.00 bits per heavy atom. The van der Waals surface area contributed by atoms with Crippen molar-refractivity contribution in [2.45, 2.75) is 11.6 Å². The van der Waals surface area contributed by atoms with Crippen molar-refractivity contribution in [1.29, 1.82) is 5.26 Å². The first-order valence-electron chi connectivity index (χ1n) is 4.94. The number of nitrogens with zero attached hydrogens (tertiary/aromatic N) is 4. The van der Waals surface area contributed by atoms with Crippen molar-refractivity contribution in [3.05, 3.63) is 28.2 Å². The smallest absolute Gasteiger partial charge is 0.256 e. The molecule has 0 saturated carbocycles. The maximum atomic E-state index is 11.9. The largest absolute Gasteiger partial charge is 0.295 e. The first-order chi connectivity index (χ1) is 8.17. The van der Waals surface area contributed by atoms with Crippen molar-refractivity contribution in [3.63, 3.8) is 0 Å². The third-order valence-electron chi connectivity index (χ3n) is 2.45. The molecular formula is C11H10N4OS. The molecule has 0 fully saturated rings. The van der Waals surface area contributed by atoms with Crippen LogP contribution in [0.1, 0.15) is 5.56 Å². The highest BCUT2D eigenvalue weighted by Gasteiger charge is 2.08. The first kappa shape index (κ1) is 11.6. The molecule has 2 aromatic rings. The molecule has 5 nitrogen and oxygen atoms in total. The van der Waals surface area contributed by atoms with E-state index in [-0.39, 0.29) is 12.0 Å². The summed E-state index contributed by atoms with van der Waals surface area (Å²) in [5.74, 6) is 0. The van der Waals surface area contributed by atoms with Crippen molar-refractivity contribution >= 4 is 22.8 Å². The Kier molecular flexibility index (Phi) is 3.11. The van der Waals surface area contributed by atoms with Crippen LogP contribution in [-0.4, -0.2) is 20.8 Å². The van der Waals surface area contributed by atoms with Crippen molar-refractivity contribution in [2.24, 2.45) is 7.05 Å². The van der Waals surface area contributed by atoms with Gasteiger partial charge in [0.2, 0.25) is 0 Å². The minimum absolute atomic E-state index is 0.104. The molecule has 17 heavy (non-hydrogen) atoms. The molecule has 86 valence electrons. The Morgan fingerprint density at radius 2 is 2.35 bits per heavy atom. The summed E-state index contributed by atoms with van der Waals surface area (Å²) in [6.45, 7) is 0. The molecule has 0 amide bonds. The fraction of sp³-hybridized carbons (Fsp3) is 0.273. The van der Waals surface area contributed by atoms with E-state index < -0.39 is 0 Å². The minimum Gasteiger partial charge on any atom is -0.295 e. The third-order valence-corrected chi connectivity index (χ3v) is 3.01. The van der Waals surface area contributed by atoms with Gasteiger partial charge in [0.15, 0.2) is 5.16 Å². The SMILES string of the molecule is CSc1ncc2cc(CC#N)c(=O)n(C)c2n1. The number of fused-ring (bicyclic) bond motifs is 1. The molecule has 0 radical (unpaired) electrons. The number of pyridine rings is 1. The van der Waals surface area contributed by atoms with Gasteiger partial charge in [-0.2, -0.15) is 5.26 Å². The van der Waals surface area contributed by atoms with E-state index in [1.165, 1.54) is 16.3 Å². The summed E-state index contributed by atoms with van der Waals surface area (Å²) >= 11 is 1.42. The molecular weight excluding hydrogens is 236 g/mol. The fourth-order valence-electron chi connectivity index (χ4n) is 1.61. The number of hydrogen-bond donors (Lipinski definition) is 0. The van der Waals surface area contributed by atoms with Gasteiger partial charge in [0, 0.05) is 24.2 Å². The number of hydrogen-bond acceptors (Lipinski definition) is 5. The zero-order valence-corrected chi connectivity index (χ0v) is 10.3. The van der Waals surface area contributed by atoms with Gasteiger partial charge in [-0.3, -0.25) is 9.36 Å². The van der Waals surface area contributed by atoms with Crippen LogP contribution < -0.4 is 5.56 Å². The standard InChI is InChI=1S/C11H10N4OS/c1-15-9-8(6-13-11(14-9)17-2)5-7(3-4-12)10(15)16/h5-6H,3H2,1-2H3. The first-order valence-corrected chi connectivity index (χ1v) is 6.16. The molecule has 2 heterocycles. The lowest BCUT2D eigenvalue weighted by Gasteiger charge is -2.06. The number of aryl methyl sites for hydroxylation is 1. The lowest BCUT2D eigenvalue weighted by atomic mass is 10.2. The van der Waals surface area contributed by atoms with Crippen LogP contribution in [0.25, 0.3) is 11.0 Å². The van der Waals surface area contributed by atoms with E-state index in [9.17, 15) is 4.79 Å². The van der Waals surface area contributed by atoms with Crippen molar-refractivity contribution in [3.8, 4) is 6.07 Å². The number of nitriles is 1. The molecule has 0 unspecified atom stereocenters. The lowest BCUT2D eigenvalue weighted by Crippen LogP contribution is -2.22. The van der Waals surface area contributed by atoms with Crippen molar-refractivity contribution < 1.29 is 0 Å². The second-order valence-corrected chi connectivity index (χ2v) is 4.28. The average Bonchev–Trinajstić information content (AvgIpc) is 2.35. The Morgan fingerprint density at radius 1 is 1.59 bits per heavy atom. The van der Waals surface area contributed by atoms with E-state index >= 15 is 0 Å². The molecule has 2 rings (SSSR count). The highest BCUT2D eigenvalue weighted by molar-refractivity contribution is 7.98. The molecule has 0 bridgehead atoms. The van der Waals surface area contributed by atoms with Gasteiger partial charge in [-0.05, 0) is 12.3 Å². The minimum atomic E-state index is -0.176. The monoisotopic (exact) mass is 246 g/mol. The molecule has 0 saturated heterocycles. The van der Waals surface area contributed by atoms with Gasteiger partial charge >= 0.3 is 0 Å². The molecule has 0 aliphatic carbocycles. The molecule has 0 spiro atoms. The lowest BCUT2D eigenvalue weighted by molar-refractivity contribution is 0.845. The Hall–Kier alpha value is -1.87. The number of aromatic nitrogens is 3. The second kappa shape index (κ2) is 4.55. The summed E-state index contributed by atoms with van der Waals surface area (Å²) in [6, 6.07) is 3.67. The van der Waals surface area contributed by atoms with Gasteiger partial charge in [0.25, 0.3) is 5.56 Å². The Bertz CT molecular complexity index is 671. The molecule has 2 aromatic heterocycles. The van der Waals surface area contributed by atoms with E-state index in [4.69, 9.17) is 5.26 Å². The maximum Gasteiger partial charge on any atom is 0.256 e. The second-order valence-electron chi connectivity index (χ2n) is 3.50. The average molecular weight is 246 g/mol. The van der Waals surface area contributed by atoms with Gasteiger partial charge < -0.3 is 0 Å². The van der Waals surface area contributed by atoms with E-state index in [2.05, 4.69) is 9.97 Å². The van der Waals surface area contributed by atoms with Crippen molar-refractivity contribution in [1.82, 2.24) is 14.5 Å². The van der Waals surface area contributed by atoms with Crippen LogP contribution in [0.15, 0.2) is 22.2 Å². The van der Waals surface area contributed by atoms with E-state index in [1.807, 2.05) is 12.3 Å². The van der Waals surface area contributed by atoms with Gasteiger partial charge in [-0.1, -0.05) is 11.8 Å². The predicted molar refractivity (Wildman–Crippen MR) is 65.9 cm³/mol. The van der Waals surface area contributed by atoms with Crippen LogP contribution in [0.2, 0.25) is 0 Å². The van der Waals surface area contributed by atoms with Gasteiger partial charge in [0.1, 0.15) is 5.65 Å². The highest BCUT2D eigenvalue weighted by atomic mass is 32.2. The zero-order valence-electron chi connectivity index (χ0n) is 9.47. The van der Waals surface area contributed by atoms with Gasteiger partial charge in [-0.15, -0.1) is 0 Å². The summed E-state index contributed by atoms with van der Waals surface area (Å²) in [4.78, 5) is 20.4. The Labute approximate surface area is 102 Å². The van der Waals surface area contributed by atoms with E-state index in [1.54, 1.807) is 19.3 Å². The summed E-state index contributed by atoms with van der Waals surface area (Å²) in [5.41, 5.74) is 0.892. The normalized spacial score (nSPS) is 10.4. The number of thioether (sulfide) groups is 1. The maximum absolute atomic E-state index is 11.9. The Balaban J connectivity index is 2.77. The molecule has 0 aromatic carbocycles. The summed E-state index contributed by atoms with van der Waals surface area (Å²) < 4.78 is 1.46. The molecule has 0 aliphatic rings. The van der Waals surface area contributed by atoms with Crippen LogP contribution in [0, 0.1) is 11.3 Å². The van der Waals surface area contributed by atoms with Crippen LogP contribution >= 0.6 is 11.8 Å². The summed E-state index contributed by atoms with van der Waals surface area (Å²) in [5, 5.41) is 10.1. The van der Waals surface area contributed by atoms with Crippen LogP contribution in [-0.2, 0) is 13.5 Å². The van der Waals surface area contributed by atoms with Gasteiger partial charge in [0.05, 0.1) is 12.5 Å². The van der Waals surface area contributed by atoms with Crippen LogP contribution in [0.3, 0.4) is 0 Å². The number of rotatable bonds is 2. The predicted octanol–water partition coefficient (Wildman–Crippen LogP) is 1.12. The molecule has 0 N–H and O–H groups in total.